The second-order valence-electron chi connectivity index (χ2n) is 6.69. The quantitative estimate of drug-likeness (QED) is 0.291. The first kappa shape index (κ1) is 21.9. The Labute approximate surface area is 194 Å². The van der Waals surface area contributed by atoms with Gasteiger partial charge in [-0.25, -0.2) is 0 Å². The standard InChI is InChI=1S/C23H20ClN5O2S/c24-17-10-12-19(13-11-17)31-15-14-25-23(30)20-8-4-5-9-21(20)32-16-22-26-27-28-29(22)18-6-2-1-3-7-18/h1-13H,14-16H2,(H,25,30). The molecule has 0 aliphatic carbocycles. The van der Waals surface area contributed by atoms with Crippen LogP contribution in [0.1, 0.15) is 16.2 Å². The van der Waals surface area contributed by atoms with E-state index in [0.29, 0.717) is 41.1 Å². The van der Waals surface area contributed by atoms with Gasteiger partial charge >= 0.3 is 0 Å². The van der Waals surface area contributed by atoms with Crippen molar-refractivity contribution < 1.29 is 9.53 Å². The fourth-order valence-electron chi connectivity index (χ4n) is 2.95. The minimum atomic E-state index is -0.157. The summed E-state index contributed by atoms with van der Waals surface area (Å²) >= 11 is 7.38. The van der Waals surface area contributed by atoms with Gasteiger partial charge in [0.05, 0.1) is 23.5 Å². The Kier molecular flexibility index (Phi) is 7.37. The van der Waals surface area contributed by atoms with E-state index in [1.165, 1.54) is 11.8 Å². The first-order valence-electron chi connectivity index (χ1n) is 9.92. The third-order valence-electron chi connectivity index (χ3n) is 4.49. The molecule has 0 radical (unpaired) electrons. The van der Waals surface area contributed by atoms with Crippen LogP contribution in [0, 0.1) is 0 Å². The highest BCUT2D eigenvalue weighted by molar-refractivity contribution is 7.98. The van der Waals surface area contributed by atoms with Crippen LogP contribution < -0.4 is 10.1 Å². The third kappa shape index (κ3) is 5.66. The summed E-state index contributed by atoms with van der Waals surface area (Å²) in [5.74, 6) is 1.77. The van der Waals surface area contributed by atoms with Crippen molar-refractivity contribution in [1.29, 1.82) is 0 Å². The van der Waals surface area contributed by atoms with Crippen LogP contribution in [0.2, 0.25) is 5.02 Å². The smallest absolute Gasteiger partial charge is 0.252 e. The van der Waals surface area contributed by atoms with Crippen molar-refractivity contribution in [2.24, 2.45) is 0 Å². The van der Waals surface area contributed by atoms with E-state index in [9.17, 15) is 4.79 Å². The van der Waals surface area contributed by atoms with Crippen LogP contribution in [0.25, 0.3) is 5.69 Å². The predicted octanol–water partition coefficient (Wildman–Crippen LogP) is 4.42. The number of rotatable bonds is 9. The topological polar surface area (TPSA) is 81.9 Å². The van der Waals surface area contributed by atoms with Crippen molar-refractivity contribution in [2.45, 2.75) is 10.6 Å². The van der Waals surface area contributed by atoms with Crippen LogP contribution in [-0.4, -0.2) is 39.3 Å². The molecule has 4 rings (SSSR count). The Balaban J connectivity index is 1.34. The molecule has 32 heavy (non-hydrogen) atoms. The van der Waals surface area contributed by atoms with Crippen molar-refractivity contribution in [3.63, 3.8) is 0 Å². The molecule has 0 saturated heterocycles. The molecule has 0 aliphatic rings. The number of carbonyl (C=O) groups excluding carboxylic acids is 1. The lowest BCUT2D eigenvalue weighted by Gasteiger charge is -2.11. The highest BCUT2D eigenvalue weighted by atomic mass is 35.5. The average molecular weight is 466 g/mol. The van der Waals surface area contributed by atoms with Crippen LogP contribution in [0.3, 0.4) is 0 Å². The Bertz CT molecular complexity index is 1170. The van der Waals surface area contributed by atoms with E-state index in [-0.39, 0.29) is 5.91 Å². The highest BCUT2D eigenvalue weighted by Crippen LogP contribution is 2.26. The summed E-state index contributed by atoms with van der Waals surface area (Å²) < 4.78 is 7.32. The fraction of sp³-hybridized carbons (Fsp3) is 0.130. The van der Waals surface area contributed by atoms with Crippen LogP contribution in [0.5, 0.6) is 5.75 Å². The number of carbonyl (C=O) groups is 1. The molecule has 0 saturated carbocycles. The van der Waals surface area contributed by atoms with Gasteiger partial charge in [-0.3, -0.25) is 4.79 Å². The Morgan fingerprint density at radius 3 is 2.56 bits per heavy atom. The molecule has 0 atom stereocenters. The van der Waals surface area contributed by atoms with Crippen molar-refractivity contribution in [3.05, 3.63) is 95.3 Å². The number of nitrogens with zero attached hydrogens (tertiary/aromatic N) is 4. The summed E-state index contributed by atoms with van der Waals surface area (Å²) in [4.78, 5) is 13.6. The second kappa shape index (κ2) is 10.8. The van der Waals surface area contributed by atoms with Gasteiger partial charge in [-0.2, -0.15) is 4.68 Å². The molecule has 1 aromatic heterocycles. The molecule has 4 aromatic rings. The maximum Gasteiger partial charge on any atom is 0.252 e. The average Bonchev–Trinajstić information content (AvgIpc) is 3.31. The second-order valence-corrected chi connectivity index (χ2v) is 8.14. The SMILES string of the molecule is O=C(NCCOc1ccc(Cl)cc1)c1ccccc1SCc1nnnn1-c1ccccc1. The molecule has 0 spiro atoms. The summed E-state index contributed by atoms with van der Waals surface area (Å²) in [5.41, 5.74) is 1.49. The fourth-order valence-corrected chi connectivity index (χ4v) is 4.03. The number of aromatic nitrogens is 4. The number of ether oxygens (including phenoxy) is 1. The van der Waals surface area contributed by atoms with Crippen LogP contribution in [0.4, 0.5) is 0 Å². The van der Waals surface area contributed by atoms with Crippen LogP contribution in [-0.2, 0) is 5.75 Å². The molecular weight excluding hydrogens is 446 g/mol. The zero-order chi connectivity index (χ0) is 22.2. The van der Waals surface area contributed by atoms with Gasteiger partial charge in [-0.1, -0.05) is 41.9 Å². The van der Waals surface area contributed by atoms with Gasteiger partial charge in [-0.15, -0.1) is 16.9 Å². The van der Waals surface area contributed by atoms with E-state index in [1.54, 1.807) is 35.0 Å². The molecule has 0 bridgehead atoms. The normalized spacial score (nSPS) is 10.7. The molecule has 1 amide bonds. The number of nitrogens with one attached hydrogen (secondary N) is 1. The van der Waals surface area contributed by atoms with E-state index in [0.717, 1.165) is 10.6 Å². The largest absolute Gasteiger partial charge is 0.492 e. The Morgan fingerprint density at radius 2 is 1.75 bits per heavy atom. The maximum atomic E-state index is 12.7. The predicted molar refractivity (Wildman–Crippen MR) is 124 cm³/mol. The first-order chi connectivity index (χ1) is 15.7. The van der Waals surface area contributed by atoms with Gasteiger partial charge in [0.1, 0.15) is 12.4 Å². The van der Waals surface area contributed by atoms with Gasteiger partial charge in [-0.05, 0) is 59.0 Å². The zero-order valence-corrected chi connectivity index (χ0v) is 18.6. The van der Waals surface area contributed by atoms with E-state index in [2.05, 4.69) is 20.8 Å². The number of benzene rings is 3. The molecule has 9 heteroatoms. The molecule has 0 aliphatic heterocycles. The Morgan fingerprint density at radius 1 is 1.00 bits per heavy atom. The monoisotopic (exact) mass is 465 g/mol. The number of hydrogen-bond donors (Lipinski definition) is 1. The third-order valence-corrected chi connectivity index (χ3v) is 5.81. The number of para-hydroxylation sites is 1. The molecule has 1 heterocycles. The number of hydrogen-bond acceptors (Lipinski definition) is 6. The molecule has 1 N–H and O–H groups in total. The minimum Gasteiger partial charge on any atom is -0.492 e. The summed E-state index contributed by atoms with van der Waals surface area (Å²) in [5, 5.41) is 15.6. The summed E-state index contributed by atoms with van der Waals surface area (Å²) in [6.45, 7) is 0.737. The van der Waals surface area contributed by atoms with E-state index < -0.39 is 0 Å². The zero-order valence-electron chi connectivity index (χ0n) is 17.0. The van der Waals surface area contributed by atoms with Gasteiger partial charge in [0, 0.05) is 9.92 Å². The first-order valence-corrected chi connectivity index (χ1v) is 11.3. The van der Waals surface area contributed by atoms with Crippen LogP contribution in [0.15, 0.2) is 83.8 Å². The maximum absolute atomic E-state index is 12.7. The Hall–Kier alpha value is -3.36. The van der Waals surface area contributed by atoms with Gasteiger partial charge < -0.3 is 10.1 Å². The minimum absolute atomic E-state index is 0.157. The molecular formula is C23H20ClN5O2S. The van der Waals surface area contributed by atoms with Gasteiger partial charge in [0.15, 0.2) is 5.82 Å². The van der Waals surface area contributed by atoms with Gasteiger partial charge in [0.25, 0.3) is 5.91 Å². The molecule has 0 fully saturated rings. The number of tetrazole rings is 1. The van der Waals surface area contributed by atoms with Crippen molar-refractivity contribution in [2.75, 3.05) is 13.2 Å². The lowest BCUT2D eigenvalue weighted by molar-refractivity contribution is 0.0944. The number of thioether (sulfide) groups is 1. The summed E-state index contributed by atoms with van der Waals surface area (Å²) in [6, 6.07) is 24.3. The lowest BCUT2D eigenvalue weighted by Crippen LogP contribution is -2.28. The van der Waals surface area contributed by atoms with Crippen molar-refractivity contribution >= 4 is 29.3 Å². The van der Waals surface area contributed by atoms with Crippen molar-refractivity contribution in [3.8, 4) is 11.4 Å². The van der Waals surface area contributed by atoms with E-state index >= 15 is 0 Å². The number of amides is 1. The van der Waals surface area contributed by atoms with Crippen LogP contribution >= 0.6 is 23.4 Å². The van der Waals surface area contributed by atoms with Crippen molar-refractivity contribution in [1.82, 2.24) is 25.5 Å². The molecule has 3 aromatic carbocycles. The summed E-state index contributed by atoms with van der Waals surface area (Å²) in [6.07, 6.45) is 0. The molecule has 162 valence electrons. The number of halogens is 1. The molecule has 0 unspecified atom stereocenters. The molecule has 7 nitrogen and oxygen atoms in total. The lowest BCUT2D eigenvalue weighted by atomic mass is 10.2. The summed E-state index contributed by atoms with van der Waals surface area (Å²) in [7, 11) is 0. The van der Waals surface area contributed by atoms with E-state index in [1.807, 2.05) is 48.5 Å². The van der Waals surface area contributed by atoms with E-state index in [4.69, 9.17) is 16.3 Å². The van der Waals surface area contributed by atoms with Gasteiger partial charge in [0.2, 0.25) is 0 Å². The highest BCUT2D eigenvalue weighted by Gasteiger charge is 2.14.